The lowest BCUT2D eigenvalue weighted by Crippen LogP contribution is -2.55. The number of nitrogens with zero attached hydrogens (tertiary/aromatic N) is 2. The van der Waals surface area contributed by atoms with E-state index in [1.54, 1.807) is 6.08 Å². The second-order valence-corrected chi connectivity index (χ2v) is 4.11. The third kappa shape index (κ3) is 1.63. The Labute approximate surface area is 99.1 Å². The molecule has 3 rings (SSSR count). The van der Waals surface area contributed by atoms with Gasteiger partial charge in [0.15, 0.2) is 5.84 Å². The highest BCUT2D eigenvalue weighted by Gasteiger charge is 2.32. The van der Waals surface area contributed by atoms with E-state index in [1.165, 1.54) is 0 Å². The molecule has 0 atom stereocenters. The van der Waals surface area contributed by atoms with Crippen molar-refractivity contribution >= 4 is 11.5 Å². The first kappa shape index (κ1) is 10.1. The Morgan fingerprint density at radius 1 is 1.00 bits per heavy atom. The van der Waals surface area contributed by atoms with E-state index >= 15 is 0 Å². The minimum Gasteiger partial charge on any atom is -0.305 e. The third-order valence-electron chi connectivity index (χ3n) is 2.75. The van der Waals surface area contributed by atoms with Crippen LogP contribution >= 0.6 is 0 Å². The molecule has 4 N–H and O–H groups in total. The summed E-state index contributed by atoms with van der Waals surface area (Å²) >= 11 is 0. The molecule has 1 heterocycles. The van der Waals surface area contributed by atoms with Crippen LogP contribution in [0.1, 0.15) is 5.56 Å². The molecule has 0 amide bonds. The average molecular weight is 224 g/mol. The monoisotopic (exact) mass is 224 g/mol. The highest BCUT2D eigenvalue weighted by Crippen LogP contribution is 2.23. The first-order chi connectivity index (χ1) is 8.17. The summed E-state index contributed by atoms with van der Waals surface area (Å²) in [6.45, 7) is 0. The van der Waals surface area contributed by atoms with Crippen molar-refractivity contribution < 1.29 is 0 Å². The molecule has 0 bridgehead atoms. The molecular weight excluding hydrogens is 212 g/mol. The number of nitrogens with two attached hydrogens (primary N) is 2. The standard InChI is InChI=1S/C13H12N4/c14-13(15)8-4-7-10-11(13)17-12(16-10)9-5-2-1-3-6-9/h1-8H,14-15H2. The number of amidine groups is 1. The van der Waals surface area contributed by atoms with Crippen molar-refractivity contribution in [2.24, 2.45) is 21.5 Å². The normalized spacial score (nSPS) is 20.5. The Bertz CT molecular complexity index is 577. The molecule has 1 aliphatic heterocycles. The molecule has 0 aromatic heterocycles. The molecule has 4 heteroatoms. The van der Waals surface area contributed by atoms with Crippen molar-refractivity contribution in [2.45, 2.75) is 5.66 Å². The van der Waals surface area contributed by atoms with Crippen molar-refractivity contribution in [1.82, 2.24) is 0 Å². The van der Waals surface area contributed by atoms with Crippen LogP contribution in [0, 0.1) is 0 Å². The van der Waals surface area contributed by atoms with Gasteiger partial charge in [0.1, 0.15) is 11.4 Å². The van der Waals surface area contributed by atoms with Gasteiger partial charge >= 0.3 is 0 Å². The summed E-state index contributed by atoms with van der Waals surface area (Å²) in [6, 6.07) is 9.78. The van der Waals surface area contributed by atoms with E-state index in [2.05, 4.69) is 9.98 Å². The van der Waals surface area contributed by atoms with Crippen LogP contribution in [0.5, 0.6) is 0 Å². The van der Waals surface area contributed by atoms with E-state index in [9.17, 15) is 0 Å². The van der Waals surface area contributed by atoms with Crippen molar-refractivity contribution in [3.8, 4) is 0 Å². The molecular formula is C13H12N4. The van der Waals surface area contributed by atoms with Gasteiger partial charge in [0.05, 0.1) is 5.70 Å². The van der Waals surface area contributed by atoms with Crippen LogP contribution in [0.3, 0.4) is 0 Å². The number of hydrogen-bond acceptors (Lipinski definition) is 4. The molecule has 4 nitrogen and oxygen atoms in total. The van der Waals surface area contributed by atoms with E-state index in [0.717, 1.165) is 11.3 Å². The van der Waals surface area contributed by atoms with E-state index in [0.29, 0.717) is 11.5 Å². The van der Waals surface area contributed by atoms with Gasteiger partial charge in [-0.2, -0.15) is 0 Å². The summed E-state index contributed by atoms with van der Waals surface area (Å²) in [4.78, 5) is 8.87. The van der Waals surface area contributed by atoms with Gasteiger partial charge in [0.25, 0.3) is 0 Å². The smallest absolute Gasteiger partial charge is 0.160 e. The molecule has 0 radical (unpaired) electrons. The van der Waals surface area contributed by atoms with Crippen LogP contribution in [-0.4, -0.2) is 17.2 Å². The molecule has 84 valence electrons. The first-order valence-electron chi connectivity index (χ1n) is 5.38. The van der Waals surface area contributed by atoms with Gasteiger partial charge in [-0.15, -0.1) is 0 Å². The van der Waals surface area contributed by atoms with Crippen LogP contribution in [0.15, 0.2) is 64.2 Å². The fourth-order valence-corrected chi connectivity index (χ4v) is 1.88. The Balaban J connectivity index is 2.06. The molecule has 0 unspecified atom stereocenters. The number of rotatable bonds is 1. The largest absolute Gasteiger partial charge is 0.305 e. The van der Waals surface area contributed by atoms with Crippen LogP contribution in [0.4, 0.5) is 0 Å². The number of hydrogen-bond donors (Lipinski definition) is 2. The Hall–Kier alpha value is -2.04. The minimum absolute atomic E-state index is 0.624. The first-order valence-corrected chi connectivity index (χ1v) is 5.38. The summed E-state index contributed by atoms with van der Waals surface area (Å²) in [7, 11) is 0. The molecule has 17 heavy (non-hydrogen) atoms. The van der Waals surface area contributed by atoms with Gasteiger partial charge in [0, 0.05) is 5.56 Å². The zero-order chi connectivity index (χ0) is 11.9. The molecule has 1 aliphatic carbocycles. The summed E-state index contributed by atoms with van der Waals surface area (Å²) in [6.07, 6.45) is 5.40. The number of benzene rings is 1. The summed E-state index contributed by atoms with van der Waals surface area (Å²) in [5.41, 5.74) is 13.2. The van der Waals surface area contributed by atoms with E-state index in [1.807, 2.05) is 42.5 Å². The molecule has 1 aromatic rings. The van der Waals surface area contributed by atoms with Gasteiger partial charge in [-0.3, -0.25) is 0 Å². The maximum Gasteiger partial charge on any atom is 0.160 e. The van der Waals surface area contributed by atoms with Gasteiger partial charge in [-0.1, -0.05) is 36.4 Å². The zero-order valence-electron chi connectivity index (χ0n) is 9.17. The van der Waals surface area contributed by atoms with Crippen LogP contribution in [0.2, 0.25) is 0 Å². The van der Waals surface area contributed by atoms with Gasteiger partial charge in [-0.05, 0) is 12.2 Å². The summed E-state index contributed by atoms with van der Waals surface area (Å²) < 4.78 is 0. The van der Waals surface area contributed by atoms with Crippen molar-refractivity contribution in [3.63, 3.8) is 0 Å². The molecule has 2 aliphatic rings. The third-order valence-corrected chi connectivity index (χ3v) is 2.75. The summed E-state index contributed by atoms with van der Waals surface area (Å²) in [5.74, 6) is 0.663. The van der Waals surface area contributed by atoms with Crippen LogP contribution in [0.25, 0.3) is 0 Å². The van der Waals surface area contributed by atoms with Gasteiger partial charge < -0.3 is 11.5 Å². The van der Waals surface area contributed by atoms with Crippen molar-refractivity contribution in [1.29, 1.82) is 0 Å². The highest BCUT2D eigenvalue weighted by molar-refractivity contribution is 6.22. The summed E-state index contributed by atoms with van der Waals surface area (Å²) in [5, 5.41) is 0. The lowest BCUT2D eigenvalue weighted by molar-refractivity contribution is 0.736. The van der Waals surface area contributed by atoms with Crippen LogP contribution in [-0.2, 0) is 0 Å². The average Bonchev–Trinajstić information content (AvgIpc) is 2.75. The molecule has 0 spiro atoms. The van der Waals surface area contributed by atoms with E-state index in [4.69, 9.17) is 11.5 Å². The maximum atomic E-state index is 5.95. The number of aliphatic imine (C=N–C) groups is 2. The lowest BCUT2D eigenvalue weighted by atomic mass is 9.98. The second-order valence-electron chi connectivity index (χ2n) is 4.11. The Morgan fingerprint density at radius 2 is 1.76 bits per heavy atom. The van der Waals surface area contributed by atoms with Gasteiger partial charge in [-0.25, -0.2) is 9.98 Å². The quantitative estimate of drug-likeness (QED) is 0.697. The van der Waals surface area contributed by atoms with Crippen LogP contribution < -0.4 is 11.5 Å². The van der Waals surface area contributed by atoms with Gasteiger partial charge in [0.2, 0.25) is 0 Å². The number of allylic oxidation sites excluding steroid dienone is 2. The number of fused-ring (bicyclic) bond motifs is 1. The SMILES string of the molecule is NC1(N)C=CC=C2N=C(c3ccccc3)N=C21. The predicted octanol–water partition coefficient (Wildman–Crippen LogP) is 0.955. The molecule has 0 saturated carbocycles. The Morgan fingerprint density at radius 3 is 2.47 bits per heavy atom. The zero-order valence-corrected chi connectivity index (χ0v) is 9.17. The predicted molar refractivity (Wildman–Crippen MR) is 68.7 cm³/mol. The van der Waals surface area contributed by atoms with E-state index in [-0.39, 0.29) is 0 Å². The van der Waals surface area contributed by atoms with Crippen molar-refractivity contribution in [2.75, 3.05) is 0 Å². The minimum atomic E-state index is -1.02. The highest BCUT2D eigenvalue weighted by atomic mass is 15.1. The van der Waals surface area contributed by atoms with E-state index < -0.39 is 5.66 Å². The van der Waals surface area contributed by atoms with Crippen molar-refractivity contribution in [3.05, 3.63) is 59.8 Å². The fraction of sp³-hybridized carbons (Fsp3) is 0.0769. The second kappa shape index (κ2) is 3.48. The Kier molecular flexibility index (Phi) is 2.07. The topological polar surface area (TPSA) is 76.8 Å². The molecule has 0 saturated heterocycles. The molecule has 1 aromatic carbocycles. The molecule has 0 fully saturated rings. The maximum absolute atomic E-state index is 5.95. The fourth-order valence-electron chi connectivity index (χ4n) is 1.88. The lowest BCUT2D eigenvalue weighted by Gasteiger charge is -2.22.